The zero-order chi connectivity index (χ0) is 14.5. The Bertz CT molecular complexity index is 584. The largest absolute Gasteiger partial charge is 0.487 e. The standard InChI is InChI=1S/C16H18O3S/c1-3-4-13-9-14(15(20-13)16(17)18)19-10-12-7-5-11(2)6-8-12/h5-9H,3-4,10H2,1-2H3,(H,17,18). The third-order valence-electron chi connectivity index (χ3n) is 2.95. The molecule has 0 aliphatic carbocycles. The zero-order valence-corrected chi connectivity index (χ0v) is 12.5. The molecule has 0 bridgehead atoms. The molecule has 3 nitrogen and oxygen atoms in total. The molecule has 0 spiro atoms. The summed E-state index contributed by atoms with van der Waals surface area (Å²) in [6, 6.07) is 9.88. The van der Waals surface area contributed by atoms with Crippen molar-refractivity contribution in [2.24, 2.45) is 0 Å². The highest BCUT2D eigenvalue weighted by Crippen LogP contribution is 2.31. The minimum absolute atomic E-state index is 0.292. The lowest BCUT2D eigenvalue weighted by Crippen LogP contribution is -2.00. The van der Waals surface area contributed by atoms with Crippen molar-refractivity contribution in [2.45, 2.75) is 33.3 Å². The quantitative estimate of drug-likeness (QED) is 0.863. The smallest absolute Gasteiger partial charge is 0.349 e. The van der Waals surface area contributed by atoms with E-state index in [-0.39, 0.29) is 0 Å². The second-order valence-electron chi connectivity index (χ2n) is 4.74. The fourth-order valence-electron chi connectivity index (χ4n) is 1.89. The number of rotatable bonds is 6. The maximum absolute atomic E-state index is 11.2. The van der Waals surface area contributed by atoms with Crippen LogP contribution in [-0.2, 0) is 13.0 Å². The number of carboxylic acids is 1. The van der Waals surface area contributed by atoms with Crippen molar-refractivity contribution in [3.8, 4) is 5.75 Å². The molecular formula is C16H18O3S. The average Bonchev–Trinajstić information content (AvgIpc) is 2.82. The van der Waals surface area contributed by atoms with Crippen LogP contribution in [-0.4, -0.2) is 11.1 Å². The first-order chi connectivity index (χ1) is 9.60. The predicted octanol–water partition coefficient (Wildman–Crippen LogP) is 4.29. The van der Waals surface area contributed by atoms with Crippen LogP contribution in [0.4, 0.5) is 0 Å². The third-order valence-corrected chi connectivity index (χ3v) is 4.12. The van der Waals surface area contributed by atoms with Gasteiger partial charge >= 0.3 is 5.97 Å². The molecule has 1 aromatic heterocycles. The van der Waals surface area contributed by atoms with E-state index in [1.165, 1.54) is 16.9 Å². The van der Waals surface area contributed by atoms with E-state index in [2.05, 4.69) is 6.92 Å². The van der Waals surface area contributed by atoms with Crippen molar-refractivity contribution < 1.29 is 14.6 Å². The number of thiophene rings is 1. The topological polar surface area (TPSA) is 46.5 Å². The van der Waals surface area contributed by atoms with E-state index in [0.717, 1.165) is 23.3 Å². The van der Waals surface area contributed by atoms with Gasteiger partial charge in [0.25, 0.3) is 0 Å². The van der Waals surface area contributed by atoms with E-state index in [1.807, 2.05) is 37.3 Å². The maximum atomic E-state index is 11.2. The minimum Gasteiger partial charge on any atom is -0.487 e. The number of hydrogen-bond donors (Lipinski definition) is 1. The van der Waals surface area contributed by atoms with E-state index < -0.39 is 5.97 Å². The van der Waals surface area contributed by atoms with Gasteiger partial charge in [-0.15, -0.1) is 11.3 Å². The summed E-state index contributed by atoms with van der Waals surface area (Å²) in [5.74, 6) is -0.442. The molecule has 0 saturated heterocycles. The van der Waals surface area contributed by atoms with E-state index >= 15 is 0 Å². The normalized spacial score (nSPS) is 10.5. The Hall–Kier alpha value is -1.81. The highest BCUT2D eigenvalue weighted by molar-refractivity contribution is 7.14. The monoisotopic (exact) mass is 290 g/mol. The van der Waals surface area contributed by atoms with Crippen LogP contribution in [0.5, 0.6) is 5.75 Å². The van der Waals surface area contributed by atoms with Crippen LogP contribution in [0, 0.1) is 6.92 Å². The molecule has 4 heteroatoms. The highest BCUT2D eigenvalue weighted by atomic mass is 32.1. The number of carboxylic acid groups (broad SMARTS) is 1. The van der Waals surface area contributed by atoms with Gasteiger partial charge in [0, 0.05) is 4.88 Å². The summed E-state index contributed by atoms with van der Waals surface area (Å²) >= 11 is 1.31. The molecule has 0 radical (unpaired) electrons. The van der Waals surface area contributed by atoms with Crippen molar-refractivity contribution in [1.82, 2.24) is 0 Å². The van der Waals surface area contributed by atoms with Crippen molar-refractivity contribution in [1.29, 1.82) is 0 Å². The zero-order valence-electron chi connectivity index (χ0n) is 11.7. The SMILES string of the molecule is CCCc1cc(OCc2ccc(C)cc2)c(C(=O)O)s1. The molecule has 2 rings (SSSR count). The number of hydrogen-bond acceptors (Lipinski definition) is 3. The molecular weight excluding hydrogens is 272 g/mol. The van der Waals surface area contributed by atoms with E-state index in [0.29, 0.717) is 17.2 Å². The summed E-state index contributed by atoms with van der Waals surface area (Å²) in [7, 11) is 0. The van der Waals surface area contributed by atoms with Crippen LogP contribution in [0.15, 0.2) is 30.3 Å². The molecule has 0 atom stereocenters. The van der Waals surface area contributed by atoms with Gasteiger partial charge in [0.1, 0.15) is 12.4 Å². The third kappa shape index (κ3) is 3.61. The molecule has 20 heavy (non-hydrogen) atoms. The Kier molecular flexibility index (Phi) is 4.79. The van der Waals surface area contributed by atoms with Gasteiger partial charge in [-0.25, -0.2) is 4.79 Å². The fraction of sp³-hybridized carbons (Fsp3) is 0.312. The molecule has 106 valence electrons. The lowest BCUT2D eigenvalue weighted by atomic mass is 10.2. The maximum Gasteiger partial charge on any atom is 0.349 e. The molecule has 0 unspecified atom stereocenters. The first-order valence-electron chi connectivity index (χ1n) is 6.64. The fourth-order valence-corrected chi connectivity index (χ4v) is 2.93. The van der Waals surface area contributed by atoms with Gasteiger partial charge in [0.2, 0.25) is 0 Å². The minimum atomic E-state index is -0.920. The van der Waals surface area contributed by atoms with E-state index in [4.69, 9.17) is 4.74 Å². The summed E-state index contributed by atoms with van der Waals surface area (Å²) < 4.78 is 5.68. The molecule has 1 N–H and O–H groups in total. The highest BCUT2D eigenvalue weighted by Gasteiger charge is 2.16. The van der Waals surface area contributed by atoms with Crippen LogP contribution in [0.1, 0.15) is 39.0 Å². The van der Waals surface area contributed by atoms with Crippen molar-refractivity contribution in [2.75, 3.05) is 0 Å². The van der Waals surface area contributed by atoms with Gasteiger partial charge in [-0.2, -0.15) is 0 Å². The molecule has 0 amide bonds. The Morgan fingerprint density at radius 1 is 1.30 bits per heavy atom. The van der Waals surface area contributed by atoms with Crippen molar-refractivity contribution in [3.63, 3.8) is 0 Å². The van der Waals surface area contributed by atoms with Gasteiger partial charge in [0.15, 0.2) is 4.88 Å². The van der Waals surface area contributed by atoms with Gasteiger partial charge in [-0.1, -0.05) is 43.2 Å². The molecule has 2 aromatic rings. The Morgan fingerprint density at radius 3 is 2.60 bits per heavy atom. The molecule has 1 aromatic carbocycles. The van der Waals surface area contributed by atoms with Crippen molar-refractivity contribution >= 4 is 17.3 Å². The molecule has 1 heterocycles. The summed E-state index contributed by atoms with van der Waals surface area (Å²) in [5, 5.41) is 9.21. The van der Waals surface area contributed by atoms with Crippen LogP contribution in [0.3, 0.4) is 0 Å². The lowest BCUT2D eigenvalue weighted by molar-refractivity contribution is 0.0697. The number of ether oxygens (including phenoxy) is 1. The Labute approximate surface area is 122 Å². The Morgan fingerprint density at radius 2 is 2.00 bits per heavy atom. The first kappa shape index (κ1) is 14.6. The molecule has 0 aliphatic heterocycles. The summed E-state index contributed by atoms with van der Waals surface area (Å²) in [6.45, 7) is 4.50. The lowest BCUT2D eigenvalue weighted by Gasteiger charge is -2.05. The van der Waals surface area contributed by atoms with Gasteiger partial charge in [-0.3, -0.25) is 0 Å². The summed E-state index contributed by atoms with van der Waals surface area (Å²) in [5.41, 5.74) is 2.23. The van der Waals surface area contributed by atoms with Crippen molar-refractivity contribution in [3.05, 3.63) is 51.2 Å². The van der Waals surface area contributed by atoms with Crippen LogP contribution >= 0.6 is 11.3 Å². The van der Waals surface area contributed by atoms with Gasteiger partial charge in [0.05, 0.1) is 0 Å². The number of carbonyl (C=O) groups is 1. The second-order valence-corrected chi connectivity index (χ2v) is 5.87. The first-order valence-corrected chi connectivity index (χ1v) is 7.46. The predicted molar refractivity (Wildman–Crippen MR) is 80.8 cm³/mol. The van der Waals surface area contributed by atoms with Crippen LogP contribution in [0.25, 0.3) is 0 Å². The van der Waals surface area contributed by atoms with E-state index in [1.54, 1.807) is 0 Å². The van der Waals surface area contributed by atoms with Crippen LogP contribution in [0.2, 0.25) is 0 Å². The van der Waals surface area contributed by atoms with E-state index in [9.17, 15) is 9.90 Å². The summed E-state index contributed by atoms with van der Waals surface area (Å²) in [6.07, 6.45) is 1.88. The number of benzene rings is 1. The number of aryl methyl sites for hydroxylation is 2. The second kappa shape index (κ2) is 6.57. The van der Waals surface area contributed by atoms with Gasteiger partial charge < -0.3 is 9.84 Å². The average molecular weight is 290 g/mol. The van der Waals surface area contributed by atoms with Crippen LogP contribution < -0.4 is 4.74 Å². The Balaban J connectivity index is 2.11. The molecule has 0 fully saturated rings. The summed E-state index contributed by atoms with van der Waals surface area (Å²) in [4.78, 5) is 12.6. The number of aromatic carboxylic acids is 1. The van der Waals surface area contributed by atoms with Gasteiger partial charge in [-0.05, 0) is 25.0 Å². The molecule has 0 aliphatic rings. The molecule has 0 saturated carbocycles.